The second-order valence-corrected chi connectivity index (χ2v) is 8.70. The summed E-state index contributed by atoms with van der Waals surface area (Å²) in [6.07, 6.45) is 4.72. The van der Waals surface area contributed by atoms with E-state index >= 15 is 0 Å². The van der Waals surface area contributed by atoms with E-state index in [9.17, 15) is 4.79 Å². The second kappa shape index (κ2) is 12.3. The number of nitrogens with one attached hydrogen (secondary N) is 3. The number of amides is 1. The summed E-state index contributed by atoms with van der Waals surface area (Å²) in [5, 5.41) is 9.80. The lowest BCUT2D eigenvalue weighted by atomic mass is 10.1. The summed E-state index contributed by atoms with van der Waals surface area (Å²) < 4.78 is 5.72. The number of aliphatic imine (C=N–C) groups is 1. The predicted octanol–water partition coefficient (Wildman–Crippen LogP) is 4.16. The lowest BCUT2D eigenvalue weighted by Crippen LogP contribution is -2.42. The van der Waals surface area contributed by atoms with Crippen LogP contribution in [0.2, 0.25) is 0 Å². The Bertz CT molecular complexity index is 857. The zero-order valence-electron chi connectivity index (χ0n) is 19.6. The van der Waals surface area contributed by atoms with Crippen molar-refractivity contribution in [2.24, 2.45) is 10.9 Å². The number of nitrogens with zero attached hydrogens (tertiary/aromatic N) is 2. The van der Waals surface area contributed by atoms with Crippen LogP contribution in [0.25, 0.3) is 0 Å². The quantitative estimate of drug-likeness (QED) is 0.383. The van der Waals surface area contributed by atoms with Crippen molar-refractivity contribution in [2.75, 3.05) is 31.5 Å². The highest BCUT2D eigenvalue weighted by molar-refractivity contribution is 5.90. The van der Waals surface area contributed by atoms with Crippen molar-refractivity contribution >= 4 is 17.6 Å². The Morgan fingerprint density at radius 1 is 1.16 bits per heavy atom. The Kier molecular flexibility index (Phi) is 9.16. The van der Waals surface area contributed by atoms with Gasteiger partial charge in [-0.15, -0.1) is 0 Å². The van der Waals surface area contributed by atoms with Crippen LogP contribution in [-0.4, -0.2) is 42.9 Å². The van der Waals surface area contributed by atoms with Crippen LogP contribution in [0.5, 0.6) is 0 Å². The van der Waals surface area contributed by atoms with E-state index in [2.05, 4.69) is 27.8 Å². The maximum Gasteiger partial charge on any atom is 0.224 e. The van der Waals surface area contributed by atoms with Gasteiger partial charge in [-0.25, -0.2) is 4.99 Å². The minimum atomic E-state index is 0.0431. The third kappa shape index (κ3) is 7.41. The van der Waals surface area contributed by atoms with Gasteiger partial charge in [0, 0.05) is 25.2 Å². The molecule has 1 saturated heterocycles. The predicted molar refractivity (Wildman–Crippen MR) is 130 cm³/mol. The van der Waals surface area contributed by atoms with E-state index in [0.29, 0.717) is 18.9 Å². The molecule has 1 aliphatic heterocycles. The number of guanidine groups is 1. The first kappa shape index (κ1) is 23.9. The molecule has 0 bridgehead atoms. The molecular formula is C25H37N5O2. The van der Waals surface area contributed by atoms with E-state index in [0.717, 1.165) is 49.1 Å². The fourth-order valence-electron chi connectivity index (χ4n) is 3.98. The van der Waals surface area contributed by atoms with Crippen molar-refractivity contribution in [2.45, 2.75) is 52.6 Å². The number of benzene rings is 1. The molecule has 2 heterocycles. The van der Waals surface area contributed by atoms with E-state index in [-0.39, 0.29) is 11.9 Å². The smallest absolute Gasteiger partial charge is 0.224 e. The molecule has 1 aromatic heterocycles. The molecular weight excluding hydrogens is 402 g/mol. The number of rotatable bonds is 10. The summed E-state index contributed by atoms with van der Waals surface area (Å²) in [5.41, 5.74) is 1.86. The van der Waals surface area contributed by atoms with Gasteiger partial charge in [-0.1, -0.05) is 26.0 Å². The van der Waals surface area contributed by atoms with Gasteiger partial charge in [0.05, 0.1) is 18.8 Å². The van der Waals surface area contributed by atoms with E-state index in [1.54, 1.807) is 6.26 Å². The topological polar surface area (TPSA) is 81.9 Å². The molecule has 0 saturated carbocycles. The highest BCUT2D eigenvalue weighted by Gasteiger charge is 2.25. The Morgan fingerprint density at radius 3 is 2.66 bits per heavy atom. The lowest BCUT2D eigenvalue weighted by molar-refractivity contribution is -0.116. The Labute approximate surface area is 191 Å². The van der Waals surface area contributed by atoms with Gasteiger partial charge in [0.2, 0.25) is 5.91 Å². The standard InChI is InChI=1S/C25H37N5O2/c1-4-26-25(28-18-22(23-11-8-14-32-23)30-12-5-6-13-30)27-17-20-9-7-10-21(16-20)29-24(31)15-19(2)3/h7-11,14,16,19,22H,4-6,12-13,15,17-18H2,1-3H3,(H,29,31)(H2,26,27,28). The van der Waals surface area contributed by atoms with Crippen molar-refractivity contribution < 1.29 is 9.21 Å². The van der Waals surface area contributed by atoms with Crippen LogP contribution in [0.1, 0.15) is 57.4 Å². The molecule has 174 valence electrons. The third-order valence-corrected chi connectivity index (χ3v) is 5.48. The number of hydrogen-bond acceptors (Lipinski definition) is 4. The van der Waals surface area contributed by atoms with Gasteiger partial charge in [0.25, 0.3) is 0 Å². The van der Waals surface area contributed by atoms with Crippen molar-refractivity contribution in [1.82, 2.24) is 15.5 Å². The zero-order chi connectivity index (χ0) is 22.8. The fourth-order valence-corrected chi connectivity index (χ4v) is 3.98. The second-order valence-electron chi connectivity index (χ2n) is 8.70. The number of likely N-dealkylation sites (tertiary alicyclic amines) is 1. The van der Waals surface area contributed by atoms with Crippen molar-refractivity contribution in [3.8, 4) is 0 Å². The van der Waals surface area contributed by atoms with Crippen LogP contribution in [-0.2, 0) is 11.3 Å². The Morgan fingerprint density at radius 2 is 1.97 bits per heavy atom. The molecule has 2 aromatic rings. The molecule has 3 rings (SSSR count). The minimum absolute atomic E-state index is 0.0431. The Hall–Kier alpha value is -2.80. The van der Waals surface area contributed by atoms with Crippen LogP contribution in [0.3, 0.4) is 0 Å². The van der Waals surface area contributed by atoms with E-state index < -0.39 is 0 Å². The van der Waals surface area contributed by atoms with Crippen LogP contribution in [0, 0.1) is 5.92 Å². The van der Waals surface area contributed by atoms with Gasteiger partial charge >= 0.3 is 0 Å². The maximum absolute atomic E-state index is 12.1. The van der Waals surface area contributed by atoms with Crippen molar-refractivity contribution in [1.29, 1.82) is 0 Å². The maximum atomic E-state index is 12.1. The number of hydrogen-bond donors (Lipinski definition) is 3. The van der Waals surface area contributed by atoms with Crippen molar-refractivity contribution in [3.63, 3.8) is 0 Å². The summed E-state index contributed by atoms with van der Waals surface area (Å²) >= 11 is 0. The summed E-state index contributed by atoms with van der Waals surface area (Å²) in [4.78, 5) is 19.3. The van der Waals surface area contributed by atoms with E-state index in [4.69, 9.17) is 9.41 Å². The van der Waals surface area contributed by atoms with Gasteiger partial charge in [-0.2, -0.15) is 0 Å². The number of carbonyl (C=O) groups excluding carboxylic acids is 1. The Balaban J connectivity index is 1.62. The molecule has 1 unspecified atom stereocenters. The molecule has 1 aromatic carbocycles. The minimum Gasteiger partial charge on any atom is -0.468 e. The first-order valence-corrected chi connectivity index (χ1v) is 11.7. The number of carbonyl (C=O) groups is 1. The molecule has 0 radical (unpaired) electrons. The molecule has 7 heteroatoms. The van der Waals surface area contributed by atoms with Crippen LogP contribution in [0.15, 0.2) is 52.1 Å². The lowest BCUT2D eigenvalue weighted by Gasteiger charge is -2.26. The SMILES string of the molecule is CCNC(=NCc1cccc(NC(=O)CC(C)C)c1)NCC(c1ccco1)N1CCCC1. The average molecular weight is 440 g/mol. The normalized spacial score (nSPS) is 15.7. The van der Waals surface area contributed by atoms with Crippen LogP contribution >= 0.6 is 0 Å². The summed E-state index contributed by atoms with van der Waals surface area (Å²) in [6.45, 7) is 10.4. The van der Waals surface area contributed by atoms with E-state index in [1.165, 1.54) is 12.8 Å². The van der Waals surface area contributed by atoms with E-state index in [1.807, 2.05) is 50.2 Å². The van der Waals surface area contributed by atoms with Crippen LogP contribution in [0.4, 0.5) is 5.69 Å². The van der Waals surface area contributed by atoms with Gasteiger partial charge in [-0.05, 0) is 68.6 Å². The largest absolute Gasteiger partial charge is 0.468 e. The molecule has 3 N–H and O–H groups in total. The molecule has 1 amide bonds. The molecule has 1 fully saturated rings. The van der Waals surface area contributed by atoms with Gasteiger partial charge in [0.1, 0.15) is 5.76 Å². The highest BCUT2D eigenvalue weighted by atomic mass is 16.3. The molecule has 1 aliphatic rings. The average Bonchev–Trinajstić information content (AvgIpc) is 3.47. The molecule has 7 nitrogen and oxygen atoms in total. The first-order valence-electron chi connectivity index (χ1n) is 11.7. The van der Waals surface area contributed by atoms with Crippen molar-refractivity contribution in [3.05, 3.63) is 54.0 Å². The monoisotopic (exact) mass is 439 g/mol. The van der Waals surface area contributed by atoms with Gasteiger partial charge in [0.15, 0.2) is 5.96 Å². The number of anilines is 1. The van der Waals surface area contributed by atoms with Gasteiger partial charge < -0.3 is 20.4 Å². The highest BCUT2D eigenvalue weighted by Crippen LogP contribution is 2.24. The molecule has 1 atom stereocenters. The molecule has 0 spiro atoms. The number of furan rings is 1. The zero-order valence-corrected chi connectivity index (χ0v) is 19.6. The molecule has 0 aliphatic carbocycles. The third-order valence-electron chi connectivity index (χ3n) is 5.48. The van der Waals surface area contributed by atoms with Crippen LogP contribution < -0.4 is 16.0 Å². The summed E-state index contributed by atoms with van der Waals surface area (Å²) in [6, 6.07) is 12.1. The fraction of sp³-hybridized carbons (Fsp3) is 0.520. The first-order chi connectivity index (χ1) is 15.5. The summed E-state index contributed by atoms with van der Waals surface area (Å²) in [5.74, 6) is 2.14. The summed E-state index contributed by atoms with van der Waals surface area (Å²) in [7, 11) is 0. The van der Waals surface area contributed by atoms with Gasteiger partial charge in [-0.3, -0.25) is 9.69 Å². The molecule has 32 heavy (non-hydrogen) atoms.